The summed E-state index contributed by atoms with van der Waals surface area (Å²) in [5.74, 6) is -0.793. The maximum Gasteiger partial charge on any atom is 0.244 e. The van der Waals surface area contributed by atoms with E-state index in [1.165, 1.54) is 17.0 Å². The number of nitrogens with one attached hydrogen (secondary N) is 1. The fraction of sp³-hybridized carbons (Fsp3) is 0.355. The van der Waals surface area contributed by atoms with Gasteiger partial charge in [-0.05, 0) is 67.8 Å². The van der Waals surface area contributed by atoms with Gasteiger partial charge in [0, 0.05) is 19.0 Å². The SMILES string of the molecule is CCOc1ccc(N(CC(=O)N(Cc2ccc(F)cc2)[C@H](Cc2ccccc2)C(=O)N[C@@H](C)CC)S(C)(=O)=O)cc1. The maximum absolute atomic E-state index is 14.0. The van der Waals surface area contributed by atoms with Gasteiger partial charge < -0.3 is 15.0 Å². The van der Waals surface area contributed by atoms with Crippen LogP contribution in [0.25, 0.3) is 0 Å². The number of ether oxygens (including phenoxy) is 1. The predicted molar refractivity (Wildman–Crippen MR) is 159 cm³/mol. The van der Waals surface area contributed by atoms with Crippen LogP contribution in [0.5, 0.6) is 5.75 Å². The van der Waals surface area contributed by atoms with E-state index >= 15 is 0 Å². The van der Waals surface area contributed by atoms with Gasteiger partial charge in [-0.3, -0.25) is 13.9 Å². The summed E-state index contributed by atoms with van der Waals surface area (Å²) in [5.41, 5.74) is 1.72. The Morgan fingerprint density at radius 3 is 2.12 bits per heavy atom. The summed E-state index contributed by atoms with van der Waals surface area (Å²) in [4.78, 5) is 29.1. The molecule has 3 rings (SSSR count). The van der Waals surface area contributed by atoms with E-state index < -0.39 is 34.3 Å². The van der Waals surface area contributed by atoms with Gasteiger partial charge in [0.15, 0.2) is 0 Å². The number of carbonyl (C=O) groups is 2. The van der Waals surface area contributed by atoms with Crippen LogP contribution in [0.3, 0.4) is 0 Å². The lowest BCUT2D eigenvalue weighted by Gasteiger charge is -2.34. The van der Waals surface area contributed by atoms with Gasteiger partial charge in [-0.25, -0.2) is 12.8 Å². The minimum absolute atomic E-state index is 0.0224. The van der Waals surface area contributed by atoms with Gasteiger partial charge in [-0.1, -0.05) is 49.4 Å². The molecule has 2 atom stereocenters. The second-order valence-electron chi connectivity index (χ2n) is 9.87. The van der Waals surface area contributed by atoms with Gasteiger partial charge in [-0.2, -0.15) is 0 Å². The number of sulfonamides is 1. The van der Waals surface area contributed by atoms with Crippen LogP contribution in [0.4, 0.5) is 10.1 Å². The minimum atomic E-state index is -3.88. The highest BCUT2D eigenvalue weighted by Crippen LogP contribution is 2.23. The molecule has 0 bridgehead atoms. The first-order chi connectivity index (χ1) is 19.5. The Balaban J connectivity index is 2.03. The van der Waals surface area contributed by atoms with Crippen LogP contribution in [0.1, 0.15) is 38.3 Å². The zero-order valence-corrected chi connectivity index (χ0v) is 24.7. The van der Waals surface area contributed by atoms with Gasteiger partial charge in [0.1, 0.15) is 24.2 Å². The van der Waals surface area contributed by atoms with Crippen LogP contribution in [0.15, 0.2) is 78.9 Å². The van der Waals surface area contributed by atoms with Crippen molar-refractivity contribution in [3.63, 3.8) is 0 Å². The lowest BCUT2D eigenvalue weighted by molar-refractivity contribution is -0.140. The molecule has 0 spiro atoms. The Hall–Kier alpha value is -3.92. The van der Waals surface area contributed by atoms with E-state index in [4.69, 9.17) is 4.74 Å². The van der Waals surface area contributed by atoms with Crippen LogP contribution in [0, 0.1) is 5.82 Å². The number of nitrogens with zero attached hydrogens (tertiary/aromatic N) is 2. The van der Waals surface area contributed by atoms with Crippen LogP contribution >= 0.6 is 0 Å². The Labute approximate surface area is 242 Å². The first-order valence-corrected chi connectivity index (χ1v) is 15.4. The summed E-state index contributed by atoms with van der Waals surface area (Å²) in [5, 5.41) is 2.97. The Morgan fingerprint density at radius 1 is 0.927 bits per heavy atom. The van der Waals surface area contributed by atoms with Gasteiger partial charge >= 0.3 is 0 Å². The number of carbonyl (C=O) groups excluding carboxylic acids is 2. The number of hydrogen-bond donors (Lipinski definition) is 1. The molecule has 0 radical (unpaired) electrons. The van der Waals surface area contributed by atoms with E-state index in [0.717, 1.165) is 16.1 Å². The van der Waals surface area contributed by atoms with Crippen molar-refractivity contribution in [2.45, 2.75) is 52.2 Å². The molecule has 3 aromatic carbocycles. The molecule has 0 fully saturated rings. The lowest BCUT2D eigenvalue weighted by Crippen LogP contribution is -2.54. The van der Waals surface area contributed by atoms with Gasteiger partial charge in [0.2, 0.25) is 21.8 Å². The largest absolute Gasteiger partial charge is 0.494 e. The van der Waals surface area contributed by atoms with Crippen molar-refractivity contribution in [2.24, 2.45) is 0 Å². The van der Waals surface area contributed by atoms with E-state index in [0.29, 0.717) is 24.3 Å². The highest BCUT2D eigenvalue weighted by atomic mass is 32.2. The van der Waals surface area contributed by atoms with E-state index in [9.17, 15) is 22.4 Å². The average molecular weight is 584 g/mol. The number of halogens is 1. The van der Waals surface area contributed by atoms with Crippen molar-refractivity contribution in [2.75, 3.05) is 23.7 Å². The molecule has 0 saturated heterocycles. The van der Waals surface area contributed by atoms with Crippen molar-refractivity contribution < 1.29 is 27.1 Å². The van der Waals surface area contributed by atoms with Crippen molar-refractivity contribution in [1.82, 2.24) is 10.2 Å². The Kier molecular flexibility index (Phi) is 11.3. The summed E-state index contributed by atoms with van der Waals surface area (Å²) < 4.78 is 45.9. The monoisotopic (exact) mass is 583 g/mol. The Bertz CT molecular complexity index is 1380. The molecule has 0 aromatic heterocycles. The van der Waals surface area contributed by atoms with Crippen LogP contribution in [-0.2, 0) is 32.6 Å². The maximum atomic E-state index is 14.0. The average Bonchev–Trinajstić information content (AvgIpc) is 2.95. The van der Waals surface area contributed by atoms with Crippen LogP contribution < -0.4 is 14.4 Å². The molecule has 0 aliphatic rings. The summed E-state index contributed by atoms with van der Waals surface area (Å²) >= 11 is 0. The molecule has 0 aliphatic heterocycles. The first-order valence-electron chi connectivity index (χ1n) is 13.6. The zero-order valence-electron chi connectivity index (χ0n) is 23.9. The lowest BCUT2D eigenvalue weighted by atomic mass is 10.0. The predicted octanol–water partition coefficient (Wildman–Crippen LogP) is 4.55. The highest BCUT2D eigenvalue weighted by Gasteiger charge is 2.33. The first kappa shape index (κ1) is 31.6. The number of hydrogen-bond acceptors (Lipinski definition) is 5. The summed E-state index contributed by atoms with van der Waals surface area (Å²) in [7, 11) is -3.88. The second kappa shape index (κ2) is 14.6. The van der Waals surface area contributed by atoms with E-state index in [-0.39, 0.29) is 30.6 Å². The standard InChI is InChI=1S/C31H38FN3O5S/c1-5-23(3)33-31(37)29(20-24-10-8-7-9-11-24)34(21-25-12-14-26(32)15-13-25)30(36)22-35(41(4,38)39)27-16-18-28(19-17-27)40-6-2/h7-19,23,29H,5-6,20-22H2,1-4H3,(H,33,37)/t23-,29+/m0/s1. The van der Waals surface area contributed by atoms with Crippen molar-refractivity contribution in [3.05, 3.63) is 95.8 Å². The molecule has 0 aliphatic carbocycles. The number of anilines is 1. The molecule has 0 heterocycles. The molecule has 41 heavy (non-hydrogen) atoms. The smallest absolute Gasteiger partial charge is 0.244 e. The van der Waals surface area contributed by atoms with Crippen molar-refractivity contribution in [1.29, 1.82) is 0 Å². The molecule has 10 heteroatoms. The second-order valence-corrected chi connectivity index (χ2v) is 11.8. The third-order valence-corrected chi connectivity index (χ3v) is 7.79. The molecular formula is C31H38FN3O5S. The third-order valence-electron chi connectivity index (χ3n) is 6.65. The van der Waals surface area contributed by atoms with E-state index in [2.05, 4.69) is 5.32 Å². The fourth-order valence-corrected chi connectivity index (χ4v) is 5.12. The van der Waals surface area contributed by atoms with E-state index in [1.807, 2.05) is 51.1 Å². The fourth-order valence-electron chi connectivity index (χ4n) is 4.27. The molecule has 8 nitrogen and oxygen atoms in total. The molecule has 1 N–H and O–H groups in total. The quantitative estimate of drug-likeness (QED) is 0.301. The molecular weight excluding hydrogens is 545 g/mol. The summed E-state index contributed by atoms with van der Waals surface area (Å²) in [6.07, 6.45) is 1.92. The summed E-state index contributed by atoms with van der Waals surface area (Å²) in [6.45, 7) is 5.56. The zero-order chi connectivity index (χ0) is 30.0. The molecule has 2 amide bonds. The van der Waals surface area contributed by atoms with Crippen LogP contribution in [-0.4, -0.2) is 56.6 Å². The normalized spacial score (nSPS) is 12.7. The minimum Gasteiger partial charge on any atom is -0.494 e. The molecule has 3 aromatic rings. The number of amides is 2. The number of benzene rings is 3. The van der Waals surface area contributed by atoms with Crippen molar-refractivity contribution in [3.8, 4) is 5.75 Å². The van der Waals surface area contributed by atoms with Crippen molar-refractivity contribution >= 4 is 27.5 Å². The van der Waals surface area contributed by atoms with Gasteiger partial charge in [0.05, 0.1) is 18.6 Å². The highest BCUT2D eigenvalue weighted by molar-refractivity contribution is 7.92. The summed E-state index contributed by atoms with van der Waals surface area (Å²) in [6, 6.07) is 20.3. The van der Waals surface area contributed by atoms with Gasteiger partial charge in [0.25, 0.3) is 0 Å². The topological polar surface area (TPSA) is 96.0 Å². The third kappa shape index (κ3) is 9.31. The molecule has 220 valence electrons. The van der Waals surface area contributed by atoms with Crippen LogP contribution in [0.2, 0.25) is 0 Å². The van der Waals surface area contributed by atoms with Gasteiger partial charge in [-0.15, -0.1) is 0 Å². The van der Waals surface area contributed by atoms with E-state index in [1.54, 1.807) is 36.4 Å². The molecule has 0 saturated carbocycles. The number of rotatable bonds is 14. The molecule has 0 unspecified atom stereocenters. The Morgan fingerprint density at radius 2 is 1.56 bits per heavy atom.